The molecule has 0 aliphatic carbocycles. The molecule has 12 heteroatoms. The van der Waals surface area contributed by atoms with Gasteiger partial charge in [0.25, 0.3) is 0 Å². The molecule has 2 aliphatic rings. The lowest BCUT2D eigenvalue weighted by molar-refractivity contribution is 0.217. The molecule has 0 radical (unpaired) electrons. The summed E-state index contributed by atoms with van der Waals surface area (Å²) in [6.45, 7) is 17.5. The van der Waals surface area contributed by atoms with E-state index in [-0.39, 0.29) is 21.5 Å². The Hall–Kier alpha value is -1.53. The van der Waals surface area contributed by atoms with Gasteiger partial charge in [0.15, 0.2) is 0 Å². The van der Waals surface area contributed by atoms with Crippen molar-refractivity contribution in [3.05, 3.63) is 47.1 Å². The van der Waals surface area contributed by atoms with Gasteiger partial charge in [-0.05, 0) is 89.1 Å². The lowest BCUT2D eigenvalue weighted by Gasteiger charge is -2.28. The average Bonchev–Trinajstić information content (AvgIpc) is 3.62. The zero-order chi connectivity index (χ0) is 31.1. The molecular formula is C31H58Cl2N6O3S. The van der Waals surface area contributed by atoms with Crippen LogP contribution >= 0.6 is 21.4 Å². The summed E-state index contributed by atoms with van der Waals surface area (Å²) in [5.74, 6) is 0. The van der Waals surface area contributed by atoms with Crippen molar-refractivity contribution in [2.75, 3.05) is 60.6 Å². The molecule has 1 N–H and O–H groups in total. The SMILES string of the molecule is C.C.CC.CC(C)n1nccc1C1=C(CO)CCN(C)C1.COCC1=C(c2ccnn2C(C)C)CN(C)CC1.O=S(Cl)Cl. The molecule has 4 rings (SSSR count). The molecule has 0 atom stereocenters. The number of aliphatic hydroxyl groups is 1. The normalized spacial score (nSPS) is 15.6. The lowest BCUT2D eigenvalue weighted by atomic mass is 9.98. The predicted molar refractivity (Wildman–Crippen MR) is 187 cm³/mol. The number of methoxy groups -OCH3 is 1. The molecule has 250 valence electrons. The van der Waals surface area contributed by atoms with Crippen LogP contribution in [0.15, 0.2) is 35.7 Å². The molecule has 2 aliphatic heterocycles. The summed E-state index contributed by atoms with van der Waals surface area (Å²) < 4.78 is 18.6. The third-order valence-electron chi connectivity index (χ3n) is 6.75. The molecule has 0 aromatic carbocycles. The van der Waals surface area contributed by atoms with Gasteiger partial charge in [0, 0.05) is 79.1 Å². The van der Waals surface area contributed by atoms with Gasteiger partial charge in [-0.3, -0.25) is 9.36 Å². The van der Waals surface area contributed by atoms with Gasteiger partial charge in [0.1, 0.15) is 0 Å². The van der Waals surface area contributed by atoms with Crippen LogP contribution < -0.4 is 0 Å². The molecule has 0 spiro atoms. The van der Waals surface area contributed by atoms with Gasteiger partial charge in [0.05, 0.1) is 24.6 Å². The van der Waals surface area contributed by atoms with E-state index in [1.165, 1.54) is 22.4 Å². The first-order valence-corrected chi connectivity index (χ1v) is 17.0. The molecule has 0 saturated heterocycles. The molecule has 0 fully saturated rings. The van der Waals surface area contributed by atoms with E-state index in [1.54, 1.807) is 7.11 Å². The molecule has 0 amide bonds. The number of ether oxygens (including phenoxy) is 1. The minimum Gasteiger partial charge on any atom is -0.392 e. The number of likely N-dealkylation sites (N-methyl/N-ethyl adjacent to an activating group) is 2. The van der Waals surface area contributed by atoms with E-state index in [4.69, 9.17) is 8.95 Å². The topological polar surface area (TPSA) is 88.7 Å². The summed E-state index contributed by atoms with van der Waals surface area (Å²) in [7, 11) is 13.4. The molecule has 4 heterocycles. The molecule has 9 nitrogen and oxygen atoms in total. The zero-order valence-electron chi connectivity index (χ0n) is 26.2. The smallest absolute Gasteiger partial charge is 0.211 e. The Labute approximate surface area is 273 Å². The fraction of sp³-hybridized carbons (Fsp3) is 0.677. The first kappa shape index (κ1) is 43.6. The zero-order valence-corrected chi connectivity index (χ0v) is 28.6. The maximum absolute atomic E-state index is 9.47. The van der Waals surface area contributed by atoms with Crippen molar-refractivity contribution in [3.63, 3.8) is 0 Å². The van der Waals surface area contributed by atoms with Crippen molar-refractivity contribution in [1.29, 1.82) is 0 Å². The second-order valence-corrected chi connectivity index (χ2v) is 12.9. The standard InChI is InChI=1S/C14H23N3O.C13H21N3O.C2H6.2CH4.Cl2OS/c1-11(2)17-14(5-7-15-17)13-9-16(3)8-6-12(13)10-18-4;1-10(2)16-13(4-6-14-16)12-8-15(3)7-5-11(12)9-17;1-2;;;1-4(2)3/h5,7,11H,6,8-10H2,1-4H3;4,6,10,17H,5,7-9H2,1-3H3;1-2H3;2*1H4;. The minimum atomic E-state index is -1.67. The summed E-state index contributed by atoms with van der Waals surface area (Å²) in [5, 5.41) is 18.3. The molecule has 0 unspecified atom stereocenters. The van der Waals surface area contributed by atoms with Crippen molar-refractivity contribution in [2.24, 2.45) is 0 Å². The Morgan fingerprint density at radius 3 is 1.58 bits per heavy atom. The van der Waals surface area contributed by atoms with Crippen LogP contribution in [0.25, 0.3) is 11.1 Å². The van der Waals surface area contributed by atoms with Gasteiger partial charge in [-0.25, -0.2) is 4.21 Å². The van der Waals surface area contributed by atoms with Gasteiger partial charge in [0.2, 0.25) is 9.23 Å². The van der Waals surface area contributed by atoms with Crippen molar-refractivity contribution in [1.82, 2.24) is 29.4 Å². The van der Waals surface area contributed by atoms with Gasteiger partial charge < -0.3 is 19.6 Å². The van der Waals surface area contributed by atoms with Crippen molar-refractivity contribution in [2.45, 2.75) is 81.3 Å². The van der Waals surface area contributed by atoms with Crippen molar-refractivity contribution < 1.29 is 14.1 Å². The van der Waals surface area contributed by atoms with Gasteiger partial charge >= 0.3 is 0 Å². The fourth-order valence-electron chi connectivity index (χ4n) is 4.84. The molecule has 2 aromatic heterocycles. The van der Waals surface area contributed by atoms with Crippen LogP contribution in [0.2, 0.25) is 0 Å². The molecular weight excluding hydrogens is 607 g/mol. The Kier molecular flexibility index (Phi) is 23.2. The third kappa shape index (κ3) is 14.0. The number of rotatable bonds is 7. The third-order valence-corrected chi connectivity index (χ3v) is 6.75. The van der Waals surface area contributed by atoms with E-state index in [0.29, 0.717) is 12.1 Å². The Balaban J connectivity index is 0. The summed E-state index contributed by atoms with van der Waals surface area (Å²) in [6.07, 6.45) is 5.77. The minimum absolute atomic E-state index is 0. The van der Waals surface area contributed by atoms with Gasteiger partial charge in [-0.2, -0.15) is 10.2 Å². The van der Waals surface area contributed by atoms with E-state index in [9.17, 15) is 5.11 Å². The monoisotopic (exact) mass is 664 g/mol. The van der Waals surface area contributed by atoms with Crippen LogP contribution in [0.3, 0.4) is 0 Å². The van der Waals surface area contributed by atoms with E-state index in [0.717, 1.165) is 56.9 Å². The maximum atomic E-state index is 9.47. The van der Waals surface area contributed by atoms with Crippen LogP contribution in [0.4, 0.5) is 0 Å². The molecule has 43 heavy (non-hydrogen) atoms. The summed E-state index contributed by atoms with van der Waals surface area (Å²) in [6, 6.07) is 4.90. The second-order valence-electron chi connectivity index (χ2n) is 10.4. The molecule has 2 aromatic rings. The fourth-order valence-corrected chi connectivity index (χ4v) is 4.84. The first-order valence-electron chi connectivity index (χ1n) is 14.2. The highest BCUT2D eigenvalue weighted by Gasteiger charge is 2.22. The largest absolute Gasteiger partial charge is 0.392 e. The summed E-state index contributed by atoms with van der Waals surface area (Å²) >= 11 is 0. The number of nitrogens with zero attached hydrogens (tertiary/aromatic N) is 6. The van der Waals surface area contributed by atoms with Crippen LogP contribution in [-0.4, -0.2) is 99.3 Å². The van der Waals surface area contributed by atoms with E-state index in [2.05, 4.69) is 93.9 Å². The Morgan fingerprint density at radius 1 is 0.860 bits per heavy atom. The highest BCUT2D eigenvalue weighted by Crippen LogP contribution is 2.28. The van der Waals surface area contributed by atoms with E-state index < -0.39 is 9.23 Å². The van der Waals surface area contributed by atoms with Crippen molar-refractivity contribution in [3.8, 4) is 0 Å². The van der Waals surface area contributed by atoms with Gasteiger partial charge in [-0.15, -0.1) is 0 Å². The maximum Gasteiger partial charge on any atom is 0.211 e. The average molecular weight is 666 g/mol. The predicted octanol–water partition coefficient (Wildman–Crippen LogP) is 7.09. The highest BCUT2D eigenvalue weighted by atomic mass is 36.0. The van der Waals surface area contributed by atoms with Crippen LogP contribution in [-0.2, 0) is 14.0 Å². The molecule has 0 bridgehead atoms. The summed E-state index contributed by atoms with van der Waals surface area (Å²) in [5.41, 5.74) is 7.59. The first-order chi connectivity index (χ1) is 19.5. The van der Waals surface area contributed by atoms with Crippen LogP contribution in [0.5, 0.6) is 0 Å². The van der Waals surface area contributed by atoms with Crippen LogP contribution in [0, 0.1) is 0 Å². The Bertz CT molecular complexity index is 1130. The van der Waals surface area contributed by atoms with E-state index >= 15 is 0 Å². The number of hydrogen-bond acceptors (Lipinski definition) is 7. The number of aliphatic hydroxyl groups excluding tert-OH is 1. The lowest BCUT2D eigenvalue weighted by Crippen LogP contribution is -2.29. The summed E-state index contributed by atoms with van der Waals surface area (Å²) in [4.78, 5) is 4.64. The van der Waals surface area contributed by atoms with Gasteiger partial charge in [-0.1, -0.05) is 28.7 Å². The Morgan fingerprint density at radius 2 is 1.23 bits per heavy atom. The molecule has 0 saturated carbocycles. The van der Waals surface area contributed by atoms with Crippen molar-refractivity contribution >= 4 is 41.7 Å². The van der Waals surface area contributed by atoms with Crippen LogP contribution in [0.1, 0.15) is 92.7 Å². The second kappa shape index (κ2) is 22.9. The van der Waals surface area contributed by atoms with E-state index in [1.807, 2.05) is 37.0 Å². The quantitative estimate of drug-likeness (QED) is 0.316. The highest BCUT2D eigenvalue weighted by molar-refractivity contribution is 8.26. The number of hydrogen-bond donors (Lipinski definition) is 1. The number of halogens is 2. The number of aromatic nitrogens is 4.